The largest absolute Gasteiger partial charge is 0.465 e. The van der Waals surface area contributed by atoms with Crippen LogP contribution in [0.4, 0.5) is 5.82 Å². The fourth-order valence-electron chi connectivity index (χ4n) is 1.60. The molecule has 1 aromatic rings. The number of nitrogens with one attached hydrogen (secondary N) is 1. The number of hydrogen-bond acceptors (Lipinski definition) is 6. The summed E-state index contributed by atoms with van der Waals surface area (Å²) in [4.78, 5) is 27.6. The molecule has 0 unspecified atom stereocenters. The van der Waals surface area contributed by atoms with Crippen molar-refractivity contribution in [3.8, 4) is 0 Å². The Bertz CT molecular complexity index is 519. The summed E-state index contributed by atoms with van der Waals surface area (Å²) in [7, 11) is 0. The van der Waals surface area contributed by atoms with E-state index >= 15 is 0 Å². The monoisotopic (exact) mass is 317 g/mol. The number of esters is 1. The minimum Gasteiger partial charge on any atom is -0.465 e. The van der Waals surface area contributed by atoms with E-state index in [0.717, 1.165) is 11.0 Å². The van der Waals surface area contributed by atoms with Gasteiger partial charge in [0.1, 0.15) is 11.7 Å². The van der Waals surface area contributed by atoms with Gasteiger partial charge in [-0.1, -0.05) is 11.6 Å². The first-order valence-electron chi connectivity index (χ1n) is 6.82. The molecule has 0 saturated heterocycles. The Morgan fingerprint density at radius 3 is 2.86 bits per heavy atom. The molecule has 0 aliphatic rings. The third-order valence-corrected chi connectivity index (χ3v) is 2.86. The molecular weight excluding hydrogens is 298 g/mol. The van der Waals surface area contributed by atoms with Crippen molar-refractivity contribution in [3.63, 3.8) is 0 Å². The number of halogens is 1. The zero-order valence-electron chi connectivity index (χ0n) is 12.2. The van der Waals surface area contributed by atoms with E-state index in [1.54, 1.807) is 6.92 Å². The van der Waals surface area contributed by atoms with Crippen LogP contribution >= 0.6 is 11.6 Å². The first-order chi connectivity index (χ1) is 10.1. The molecule has 0 aromatic carbocycles. The van der Waals surface area contributed by atoms with Crippen molar-refractivity contribution in [2.45, 2.75) is 26.8 Å². The van der Waals surface area contributed by atoms with Gasteiger partial charge in [-0.3, -0.25) is 14.2 Å². The van der Waals surface area contributed by atoms with E-state index < -0.39 is 11.5 Å². The molecule has 7 nitrogen and oxygen atoms in total. The maximum absolute atomic E-state index is 12.2. The summed E-state index contributed by atoms with van der Waals surface area (Å²) in [6.45, 7) is 5.44. The van der Waals surface area contributed by atoms with Gasteiger partial charge in [0.05, 0.1) is 12.8 Å². The topological polar surface area (TPSA) is 82.4 Å². The van der Waals surface area contributed by atoms with Crippen LogP contribution in [0.1, 0.15) is 20.3 Å². The highest BCUT2D eigenvalue weighted by Crippen LogP contribution is 2.06. The summed E-state index contributed by atoms with van der Waals surface area (Å²) in [6.07, 6.45) is 2.07. The lowest BCUT2D eigenvalue weighted by molar-refractivity contribution is -0.143. The van der Waals surface area contributed by atoms with Crippen LogP contribution in [0.3, 0.4) is 0 Å². The van der Waals surface area contributed by atoms with E-state index in [1.807, 2.05) is 6.92 Å². The van der Waals surface area contributed by atoms with Crippen LogP contribution in [0.5, 0.6) is 0 Å². The Morgan fingerprint density at radius 1 is 1.43 bits per heavy atom. The number of rotatable bonds is 9. The molecule has 0 atom stereocenters. The molecular formula is C13H20ClN3O4. The van der Waals surface area contributed by atoms with Crippen molar-refractivity contribution in [1.82, 2.24) is 9.55 Å². The molecule has 1 heterocycles. The Morgan fingerprint density at radius 2 is 2.19 bits per heavy atom. The summed E-state index contributed by atoms with van der Waals surface area (Å²) in [5.74, 6) is -0.366. The van der Waals surface area contributed by atoms with Gasteiger partial charge in [0.15, 0.2) is 5.82 Å². The highest BCUT2D eigenvalue weighted by Gasteiger charge is 2.12. The fraction of sp³-hybridized carbons (Fsp3) is 0.615. The van der Waals surface area contributed by atoms with E-state index in [1.165, 1.54) is 6.20 Å². The van der Waals surface area contributed by atoms with Gasteiger partial charge in [0.2, 0.25) is 0 Å². The van der Waals surface area contributed by atoms with Crippen LogP contribution in [-0.4, -0.2) is 41.9 Å². The van der Waals surface area contributed by atoms with E-state index in [2.05, 4.69) is 10.3 Å². The number of hydrogen-bond donors (Lipinski definition) is 1. The molecule has 0 spiro atoms. The Hall–Kier alpha value is -1.60. The smallest absolute Gasteiger partial charge is 0.326 e. The van der Waals surface area contributed by atoms with Crippen LogP contribution in [-0.2, 0) is 20.8 Å². The molecule has 21 heavy (non-hydrogen) atoms. The van der Waals surface area contributed by atoms with Gasteiger partial charge in [-0.15, -0.1) is 0 Å². The second-order valence-electron chi connectivity index (χ2n) is 4.10. The second-order valence-corrected chi connectivity index (χ2v) is 4.49. The van der Waals surface area contributed by atoms with Gasteiger partial charge in [-0.2, -0.15) is 0 Å². The van der Waals surface area contributed by atoms with Gasteiger partial charge in [0, 0.05) is 19.8 Å². The minimum atomic E-state index is -0.519. The molecule has 0 aliphatic heterocycles. The van der Waals surface area contributed by atoms with E-state index in [0.29, 0.717) is 19.8 Å². The maximum Gasteiger partial charge on any atom is 0.326 e. The number of aromatic nitrogens is 2. The highest BCUT2D eigenvalue weighted by molar-refractivity contribution is 6.29. The summed E-state index contributed by atoms with van der Waals surface area (Å²) < 4.78 is 11.1. The first-order valence-corrected chi connectivity index (χ1v) is 7.20. The van der Waals surface area contributed by atoms with Crippen molar-refractivity contribution in [2.24, 2.45) is 0 Å². The zero-order chi connectivity index (χ0) is 15.7. The lowest BCUT2D eigenvalue weighted by Crippen LogP contribution is -2.29. The minimum absolute atomic E-state index is 0.0907. The lowest BCUT2D eigenvalue weighted by atomic mass is 10.4. The molecule has 0 fully saturated rings. The predicted octanol–water partition coefficient (Wildman–Crippen LogP) is 1.30. The predicted molar refractivity (Wildman–Crippen MR) is 79.7 cm³/mol. The van der Waals surface area contributed by atoms with Crippen LogP contribution in [0.25, 0.3) is 0 Å². The van der Waals surface area contributed by atoms with Crippen LogP contribution in [0, 0.1) is 0 Å². The lowest BCUT2D eigenvalue weighted by Gasteiger charge is -2.10. The summed E-state index contributed by atoms with van der Waals surface area (Å²) in [5.41, 5.74) is -0.452. The average molecular weight is 318 g/mol. The van der Waals surface area contributed by atoms with E-state index in [-0.39, 0.29) is 24.1 Å². The summed E-state index contributed by atoms with van der Waals surface area (Å²) >= 11 is 5.89. The highest BCUT2D eigenvalue weighted by atomic mass is 35.5. The molecule has 0 aliphatic carbocycles. The average Bonchev–Trinajstić information content (AvgIpc) is 2.45. The summed E-state index contributed by atoms with van der Waals surface area (Å²) in [6, 6.07) is 0. The third kappa shape index (κ3) is 5.73. The second kappa shape index (κ2) is 9.36. The first kappa shape index (κ1) is 17.5. The normalized spacial score (nSPS) is 10.4. The molecule has 0 amide bonds. The Labute approximate surface area is 128 Å². The van der Waals surface area contributed by atoms with Crippen LogP contribution < -0.4 is 10.9 Å². The summed E-state index contributed by atoms with van der Waals surface area (Å²) in [5, 5.41) is 3.00. The van der Waals surface area contributed by atoms with Crippen LogP contribution in [0.15, 0.2) is 11.0 Å². The molecule has 1 rings (SSSR count). The number of nitrogens with zero attached hydrogens (tertiary/aromatic N) is 2. The molecule has 118 valence electrons. The molecule has 1 N–H and O–H groups in total. The van der Waals surface area contributed by atoms with Crippen molar-refractivity contribution in [3.05, 3.63) is 21.7 Å². The molecule has 0 saturated carbocycles. The van der Waals surface area contributed by atoms with Gasteiger partial charge in [-0.05, 0) is 20.3 Å². The van der Waals surface area contributed by atoms with Gasteiger partial charge in [0.25, 0.3) is 5.56 Å². The quantitative estimate of drug-likeness (QED) is 0.546. The third-order valence-electron chi connectivity index (χ3n) is 2.56. The van der Waals surface area contributed by atoms with Gasteiger partial charge in [-0.25, -0.2) is 4.98 Å². The van der Waals surface area contributed by atoms with Crippen molar-refractivity contribution in [1.29, 1.82) is 0 Å². The molecule has 0 bridgehead atoms. The van der Waals surface area contributed by atoms with E-state index in [9.17, 15) is 9.59 Å². The van der Waals surface area contributed by atoms with Gasteiger partial charge >= 0.3 is 5.97 Å². The van der Waals surface area contributed by atoms with E-state index in [4.69, 9.17) is 21.1 Å². The number of carbonyl (C=O) groups excluding carboxylic acids is 1. The Kier molecular flexibility index (Phi) is 7.78. The molecule has 8 heteroatoms. The standard InChI is InChI=1S/C13H20ClN3O4/c1-3-20-7-5-6-15-12-13(19)17(10(14)8-16-12)9-11(18)21-4-2/h8H,3-7,9H2,1-2H3,(H,15,16). The van der Waals surface area contributed by atoms with Crippen LogP contribution in [0.2, 0.25) is 5.15 Å². The van der Waals surface area contributed by atoms with Crippen molar-refractivity contribution in [2.75, 3.05) is 31.7 Å². The molecule has 1 aromatic heterocycles. The fourth-order valence-corrected chi connectivity index (χ4v) is 1.78. The number of carbonyl (C=O) groups is 1. The maximum atomic E-state index is 12.2. The van der Waals surface area contributed by atoms with Crippen molar-refractivity contribution >= 4 is 23.4 Å². The number of ether oxygens (including phenoxy) is 2. The molecule has 0 radical (unpaired) electrons. The zero-order valence-corrected chi connectivity index (χ0v) is 13.0. The SMILES string of the molecule is CCOCCCNc1ncc(Cl)n(CC(=O)OCC)c1=O. The van der Waals surface area contributed by atoms with Gasteiger partial charge < -0.3 is 14.8 Å². The Balaban J connectivity index is 2.70. The number of anilines is 1. The van der Waals surface area contributed by atoms with Crippen molar-refractivity contribution < 1.29 is 14.3 Å².